The van der Waals surface area contributed by atoms with Crippen LogP contribution in [0.2, 0.25) is 0 Å². The number of aliphatic imine (C=N–C) groups is 2. The number of halogens is 1. The zero-order chi connectivity index (χ0) is 44.2. The van der Waals surface area contributed by atoms with E-state index in [1.165, 1.54) is 28.1 Å². The maximum Gasteiger partial charge on any atom is 0.197 e. The third kappa shape index (κ3) is 10.3. The molecule has 0 saturated carbocycles. The molecule has 0 bridgehead atoms. The van der Waals surface area contributed by atoms with Gasteiger partial charge in [0.1, 0.15) is 17.2 Å². The van der Waals surface area contributed by atoms with E-state index < -0.39 is 0 Å². The van der Waals surface area contributed by atoms with Crippen molar-refractivity contribution in [1.29, 1.82) is 0 Å². The Labute approximate surface area is 385 Å². The third-order valence-corrected chi connectivity index (χ3v) is 12.1. The molecule has 4 aromatic carbocycles. The van der Waals surface area contributed by atoms with Gasteiger partial charge in [0.15, 0.2) is 5.71 Å². The van der Waals surface area contributed by atoms with Crippen LogP contribution in [0.25, 0.3) is 22.4 Å². The van der Waals surface area contributed by atoms with Crippen molar-refractivity contribution >= 4 is 62.3 Å². The van der Waals surface area contributed by atoms with E-state index in [2.05, 4.69) is 118 Å². The quantitative estimate of drug-likeness (QED) is 0.141. The number of nitrogens with zero attached hydrogens (tertiary/aromatic N) is 11. The fraction of sp³-hybridized carbons (Fsp3) is 0.265. The Hall–Kier alpha value is -7.07. The van der Waals surface area contributed by atoms with Gasteiger partial charge in [-0.1, -0.05) is 6.07 Å². The number of aromatic nitrogens is 6. The first-order valence-electron chi connectivity index (χ1n) is 21.7. The maximum absolute atomic E-state index is 5.91. The summed E-state index contributed by atoms with van der Waals surface area (Å²) >= 11 is 0. The smallest absolute Gasteiger partial charge is 0.197 e. The molecule has 0 unspecified atom stereocenters. The van der Waals surface area contributed by atoms with E-state index in [1.54, 1.807) is 44.1 Å². The monoisotopic (exact) mass is 887 g/mol. The lowest BCUT2D eigenvalue weighted by atomic mass is 9.99. The summed E-state index contributed by atoms with van der Waals surface area (Å²) in [6.45, 7) is 10.5. The number of nitrogens with two attached hydrogens (primary N) is 3. The van der Waals surface area contributed by atoms with Gasteiger partial charge in [-0.15, -0.1) is 0 Å². The van der Waals surface area contributed by atoms with Crippen molar-refractivity contribution in [3.63, 3.8) is 0 Å². The number of likely N-dealkylation sites (N-methyl/N-ethyl adjacent to an activating group) is 2. The van der Waals surface area contributed by atoms with Crippen LogP contribution in [0.3, 0.4) is 0 Å². The molecule has 16 heteroatoms. The molecule has 65 heavy (non-hydrogen) atoms. The summed E-state index contributed by atoms with van der Waals surface area (Å²) in [5, 5.41) is 5.43. The molecule has 0 amide bonds. The highest BCUT2D eigenvalue weighted by Crippen LogP contribution is 2.35. The number of benzene rings is 4. The first-order chi connectivity index (χ1) is 31.1. The number of imidazole rings is 1. The van der Waals surface area contributed by atoms with E-state index >= 15 is 0 Å². The highest BCUT2D eigenvalue weighted by atomic mass is 35.5. The lowest BCUT2D eigenvalue weighted by Gasteiger charge is -2.34. The van der Waals surface area contributed by atoms with Crippen molar-refractivity contribution in [2.45, 2.75) is 19.8 Å². The van der Waals surface area contributed by atoms with Crippen molar-refractivity contribution in [2.75, 3.05) is 87.7 Å². The van der Waals surface area contributed by atoms with Crippen molar-refractivity contribution in [2.24, 2.45) is 9.98 Å². The molecule has 0 aliphatic carbocycles. The second-order valence-corrected chi connectivity index (χ2v) is 16.7. The van der Waals surface area contributed by atoms with Crippen molar-refractivity contribution < 1.29 is 17.8 Å². The number of hydrogen-bond acceptors (Lipinski definition) is 13. The van der Waals surface area contributed by atoms with E-state index in [1.807, 2.05) is 18.2 Å². The lowest BCUT2D eigenvalue weighted by Crippen LogP contribution is -3.00. The van der Waals surface area contributed by atoms with Gasteiger partial charge in [0, 0.05) is 114 Å². The van der Waals surface area contributed by atoms with Gasteiger partial charge in [-0.2, -0.15) is 0 Å². The Morgan fingerprint density at radius 2 is 1.22 bits per heavy atom. The third-order valence-electron chi connectivity index (χ3n) is 12.1. The molecule has 4 aliphatic rings. The van der Waals surface area contributed by atoms with Gasteiger partial charge in [0.25, 0.3) is 0 Å². The van der Waals surface area contributed by atoms with Gasteiger partial charge >= 0.3 is 0 Å². The number of piperazine rings is 2. The minimum atomic E-state index is 0. The number of rotatable bonds is 6. The van der Waals surface area contributed by atoms with Crippen LogP contribution in [0.4, 0.5) is 34.1 Å². The van der Waals surface area contributed by atoms with Crippen molar-refractivity contribution in [1.82, 2.24) is 39.7 Å². The topological polar surface area (TPSA) is 196 Å². The van der Waals surface area contributed by atoms with E-state index in [0.29, 0.717) is 17.1 Å². The zero-order valence-corrected chi connectivity index (χ0v) is 37.7. The number of fused-ring (bicyclic) bond motifs is 3. The van der Waals surface area contributed by atoms with Gasteiger partial charge in [-0.05, 0) is 97.5 Å². The van der Waals surface area contributed by atoms with Crippen LogP contribution >= 0.6 is 0 Å². The average molecular weight is 889 g/mol. The van der Waals surface area contributed by atoms with Gasteiger partial charge in [0.2, 0.25) is 0 Å². The Morgan fingerprint density at radius 1 is 0.615 bits per heavy atom. The summed E-state index contributed by atoms with van der Waals surface area (Å²) in [5.74, 6) is 0.812. The standard InChI is InChI=1S/C25H24N6.C18H22N6.C6H7N3.ClH/c1-30-8-10-31(11-9-30)20-3-5-22-19(13-20)14-23(28-22)17-2-4-21-18(12-17)15-24(29-21)25-16-26-6-7-27-25;1-23-6-8-24(9-7-23)13-3-5-16-17(11-13)22-18(21-16)12-2-4-14(19)15(20)10-12;1-5(7)6-4-8-2-3-9-6;/h2-7,12-13,16H,8-11,14-15H2,1H3;2-5,10-11H,6-9,19-20H2,1H3,(H,21,22);2-4,7H,1H3;1H. The fourth-order valence-electron chi connectivity index (χ4n) is 8.21. The number of nitrogen functional groups attached to an aromatic ring is 2. The normalized spacial score (nSPS) is 15.7. The van der Waals surface area contributed by atoms with Crippen LogP contribution in [0, 0.1) is 0 Å². The number of hydrogen-bond donors (Lipinski definition) is 4. The Kier molecular flexibility index (Phi) is 13.5. The SMILES string of the molecule is CC(=[NH2+])c1cnccn1.CN1CCN(c2ccc3c(c2)CC(c2ccc4c(c2)CC(c2cnccn2)=N4)=N3)CC1.CN1CCN(c2ccc3nc(-c4ccc(N)c(N)c4)[nH]c3c2)CC1.[Cl-]. The highest BCUT2D eigenvalue weighted by Gasteiger charge is 2.23. The molecule has 2 saturated heterocycles. The number of H-pyrrole nitrogens is 1. The van der Waals surface area contributed by atoms with Gasteiger partial charge in [-0.25, -0.2) is 9.97 Å². The van der Waals surface area contributed by atoms with Crippen LogP contribution in [0.15, 0.2) is 120 Å². The largest absolute Gasteiger partial charge is 1.00 e. The fourth-order valence-corrected chi connectivity index (χ4v) is 8.21. The van der Waals surface area contributed by atoms with Gasteiger partial charge < -0.3 is 48.5 Å². The number of nitrogens with one attached hydrogen (secondary N) is 1. The van der Waals surface area contributed by atoms with E-state index in [-0.39, 0.29) is 12.4 Å². The van der Waals surface area contributed by atoms with E-state index in [0.717, 1.165) is 122 Å². The summed E-state index contributed by atoms with van der Waals surface area (Å²) in [6, 6.07) is 25.2. The second kappa shape index (κ2) is 19.8. The van der Waals surface area contributed by atoms with Crippen molar-refractivity contribution in [3.8, 4) is 11.4 Å². The Bertz CT molecular complexity index is 2840. The molecule has 7 heterocycles. The van der Waals surface area contributed by atoms with E-state index in [4.69, 9.17) is 26.9 Å². The summed E-state index contributed by atoms with van der Waals surface area (Å²) in [6.07, 6.45) is 11.7. The molecule has 0 spiro atoms. The molecular weight excluding hydrogens is 834 g/mol. The predicted molar refractivity (Wildman–Crippen MR) is 258 cm³/mol. The highest BCUT2D eigenvalue weighted by molar-refractivity contribution is 6.09. The van der Waals surface area contributed by atoms with Crippen LogP contribution in [0.1, 0.15) is 35.0 Å². The predicted octanol–water partition coefficient (Wildman–Crippen LogP) is 1.78. The molecule has 3 aromatic heterocycles. The average Bonchev–Trinajstić information content (AvgIpc) is 4.08. The van der Waals surface area contributed by atoms with Crippen LogP contribution in [-0.2, 0) is 12.8 Å². The maximum atomic E-state index is 5.91. The molecule has 332 valence electrons. The molecule has 0 radical (unpaired) electrons. The molecule has 7 aromatic rings. The molecular formula is C49H54ClN15. The molecule has 7 N–H and O–H groups in total. The summed E-state index contributed by atoms with van der Waals surface area (Å²) in [4.78, 5) is 43.8. The first-order valence-corrected chi connectivity index (χ1v) is 21.7. The molecule has 0 atom stereocenters. The molecule has 15 nitrogen and oxygen atoms in total. The van der Waals surface area contributed by atoms with Gasteiger partial charge in [0.05, 0.1) is 57.6 Å². The molecule has 11 rings (SSSR count). The Morgan fingerprint density at radius 3 is 1.85 bits per heavy atom. The van der Waals surface area contributed by atoms with Crippen LogP contribution < -0.4 is 39.1 Å². The number of anilines is 4. The lowest BCUT2D eigenvalue weighted by molar-refractivity contribution is -0.113. The van der Waals surface area contributed by atoms with Gasteiger partial charge in [-0.3, -0.25) is 30.3 Å². The second-order valence-electron chi connectivity index (χ2n) is 16.7. The summed E-state index contributed by atoms with van der Waals surface area (Å²) < 4.78 is 0. The van der Waals surface area contributed by atoms with Crippen LogP contribution in [-0.4, -0.2) is 123 Å². The Balaban J connectivity index is 0.000000150. The summed E-state index contributed by atoms with van der Waals surface area (Å²) in [5.41, 5.74) is 28.6. The minimum absolute atomic E-state index is 0. The minimum Gasteiger partial charge on any atom is -1.00 e. The molecule has 2 fully saturated rings. The summed E-state index contributed by atoms with van der Waals surface area (Å²) in [7, 11) is 4.36. The van der Waals surface area contributed by atoms with Crippen LogP contribution in [0.5, 0.6) is 0 Å². The van der Waals surface area contributed by atoms with Crippen molar-refractivity contribution in [3.05, 3.63) is 138 Å². The zero-order valence-electron chi connectivity index (χ0n) is 37.0. The van der Waals surface area contributed by atoms with E-state index in [9.17, 15) is 0 Å². The molecule has 4 aliphatic heterocycles. The number of aromatic amines is 1. The first kappa shape index (κ1) is 44.5.